The normalized spacial score (nSPS) is 18.2. The van der Waals surface area contributed by atoms with Gasteiger partial charge in [0.1, 0.15) is 5.82 Å². The molecule has 6 nitrogen and oxygen atoms in total. The van der Waals surface area contributed by atoms with Gasteiger partial charge in [-0.05, 0) is 37.1 Å². The van der Waals surface area contributed by atoms with Crippen LogP contribution in [-0.2, 0) is 0 Å². The molecule has 1 saturated carbocycles. The molecule has 7 heteroatoms. The van der Waals surface area contributed by atoms with E-state index in [9.17, 15) is 4.79 Å². The van der Waals surface area contributed by atoms with Gasteiger partial charge >= 0.3 is 0 Å². The standard InChI is InChI=1S/C22H19N5OS/c28-21(15-7-3-1-4-8-15)24-17-13-16(14-17)19-25-26-20(22-23-11-12-29-22)27(19)18-9-5-2-6-10-18/h1-12,16-17H,13-14H2,(H,24,28). The highest BCUT2D eigenvalue weighted by Gasteiger charge is 2.36. The van der Waals surface area contributed by atoms with Gasteiger partial charge in [-0.15, -0.1) is 21.5 Å². The molecule has 0 unspecified atom stereocenters. The molecule has 4 aromatic rings. The van der Waals surface area contributed by atoms with Gasteiger partial charge in [0.25, 0.3) is 5.91 Å². The van der Waals surface area contributed by atoms with Crippen LogP contribution in [0.3, 0.4) is 0 Å². The van der Waals surface area contributed by atoms with E-state index in [4.69, 9.17) is 0 Å². The van der Waals surface area contributed by atoms with Gasteiger partial charge < -0.3 is 5.32 Å². The van der Waals surface area contributed by atoms with Crippen molar-refractivity contribution in [3.8, 4) is 16.5 Å². The molecule has 0 bridgehead atoms. The lowest BCUT2D eigenvalue weighted by atomic mass is 9.79. The lowest BCUT2D eigenvalue weighted by Gasteiger charge is -2.35. The van der Waals surface area contributed by atoms with Crippen molar-refractivity contribution >= 4 is 17.2 Å². The van der Waals surface area contributed by atoms with Gasteiger partial charge in [-0.25, -0.2) is 4.98 Å². The number of aromatic nitrogens is 4. The Labute approximate surface area is 172 Å². The molecule has 2 heterocycles. The molecule has 1 aliphatic rings. The highest BCUT2D eigenvalue weighted by molar-refractivity contribution is 7.13. The third kappa shape index (κ3) is 3.45. The van der Waals surface area contributed by atoms with Crippen molar-refractivity contribution in [3.05, 3.63) is 83.6 Å². The van der Waals surface area contributed by atoms with E-state index in [1.807, 2.05) is 53.9 Å². The Morgan fingerprint density at radius 2 is 1.72 bits per heavy atom. The Bertz CT molecular complexity index is 1100. The van der Waals surface area contributed by atoms with E-state index in [0.717, 1.165) is 35.2 Å². The Morgan fingerprint density at radius 1 is 1.00 bits per heavy atom. The van der Waals surface area contributed by atoms with Crippen molar-refractivity contribution in [2.45, 2.75) is 24.8 Å². The number of nitrogens with one attached hydrogen (secondary N) is 1. The fourth-order valence-corrected chi connectivity index (χ4v) is 4.28. The van der Waals surface area contributed by atoms with Crippen molar-refractivity contribution in [2.75, 3.05) is 0 Å². The molecule has 0 radical (unpaired) electrons. The second kappa shape index (κ2) is 7.60. The fourth-order valence-electron chi connectivity index (χ4n) is 3.67. The molecule has 1 amide bonds. The average Bonchev–Trinajstić information content (AvgIpc) is 3.41. The Hall–Kier alpha value is -3.32. The fraction of sp³-hybridized carbons (Fsp3) is 0.182. The molecule has 1 aliphatic carbocycles. The van der Waals surface area contributed by atoms with Crippen LogP contribution >= 0.6 is 11.3 Å². The van der Waals surface area contributed by atoms with Gasteiger partial charge in [-0.3, -0.25) is 9.36 Å². The first kappa shape index (κ1) is 17.8. The second-order valence-corrected chi connectivity index (χ2v) is 7.99. The third-order valence-electron chi connectivity index (χ3n) is 5.20. The van der Waals surface area contributed by atoms with E-state index in [0.29, 0.717) is 5.56 Å². The molecule has 2 aromatic carbocycles. The number of para-hydroxylation sites is 1. The maximum absolute atomic E-state index is 12.4. The summed E-state index contributed by atoms with van der Waals surface area (Å²) in [5, 5.41) is 14.9. The third-order valence-corrected chi connectivity index (χ3v) is 5.97. The van der Waals surface area contributed by atoms with Crippen LogP contribution in [0.15, 0.2) is 72.2 Å². The molecule has 0 spiro atoms. The monoisotopic (exact) mass is 401 g/mol. The lowest BCUT2D eigenvalue weighted by molar-refractivity contribution is 0.0907. The van der Waals surface area contributed by atoms with Gasteiger partial charge in [0, 0.05) is 34.8 Å². The minimum atomic E-state index is -0.0259. The molecule has 29 heavy (non-hydrogen) atoms. The van der Waals surface area contributed by atoms with E-state index in [1.54, 1.807) is 17.5 Å². The molecule has 1 fully saturated rings. The summed E-state index contributed by atoms with van der Waals surface area (Å²) in [6.45, 7) is 0. The molecular weight excluding hydrogens is 382 g/mol. The first-order valence-electron chi connectivity index (χ1n) is 9.56. The van der Waals surface area contributed by atoms with Gasteiger partial charge in [0.15, 0.2) is 10.8 Å². The number of nitrogens with zero attached hydrogens (tertiary/aromatic N) is 4. The Balaban J connectivity index is 1.37. The largest absolute Gasteiger partial charge is 0.349 e. The maximum Gasteiger partial charge on any atom is 0.251 e. The lowest BCUT2D eigenvalue weighted by Crippen LogP contribution is -2.44. The van der Waals surface area contributed by atoms with Crippen LogP contribution in [0.2, 0.25) is 0 Å². The number of thiazole rings is 1. The highest BCUT2D eigenvalue weighted by Crippen LogP contribution is 2.38. The minimum Gasteiger partial charge on any atom is -0.349 e. The number of carbonyl (C=O) groups is 1. The summed E-state index contributed by atoms with van der Waals surface area (Å²) in [6.07, 6.45) is 3.48. The van der Waals surface area contributed by atoms with Gasteiger partial charge in [0.05, 0.1) is 0 Å². The molecule has 2 aromatic heterocycles. The molecule has 144 valence electrons. The quantitative estimate of drug-likeness (QED) is 0.547. The van der Waals surface area contributed by atoms with E-state index in [1.165, 1.54) is 0 Å². The predicted molar refractivity (Wildman–Crippen MR) is 112 cm³/mol. The zero-order valence-electron chi connectivity index (χ0n) is 15.6. The van der Waals surface area contributed by atoms with Crippen molar-refractivity contribution in [3.63, 3.8) is 0 Å². The van der Waals surface area contributed by atoms with Crippen LogP contribution in [0.1, 0.15) is 34.9 Å². The van der Waals surface area contributed by atoms with Crippen LogP contribution < -0.4 is 5.32 Å². The number of benzene rings is 2. The SMILES string of the molecule is O=C(NC1CC(c2nnc(-c3nccs3)n2-c2ccccc2)C1)c1ccccc1. The smallest absolute Gasteiger partial charge is 0.251 e. The zero-order valence-corrected chi connectivity index (χ0v) is 16.4. The zero-order chi connectivity index (χ0) is 19.6. The van der Waals surface area contributed by atoms with Crippen LogP contribution in [0.5, 0.6) is 0 Å². The average molecular weight is 401 g/mol. The van der Waals surface area contributed by atoms with Crippen LogP contribution in [0.4, 0.5) is 0 Å². The molecule has 0 atom stereocenters. The van der Waals surface area contributed by atoms with Crippen molar-refractivity contribution in [1.82, 2.24) is 25.1 Å². The number of carbonyl (C=O) groups excluding carboxylic acids is 1. The predicted octanol–water partition coefficient (Wildman–Crippen LogP) is 4.07. The second-order valence-electron chi connectivity index (χ2n) is 7.09. The molecule has 0 saturated heterocycles. The van der Waals surface area contributed by atoms with Crippen molar-refractivity contribution in [2.24, 2.45) is 0 Å². The summed E-state index contributed by atoms with van der Waals surface area (Å²) in [4.78, 5) is 16.8. The van der Waals surface area contributed by atoms with E-state index in [-0.39, 0.29) is 17.9 Å². The van der Waals surface area contributed by atoms with Gasteiger partial charge in [0.2, 0.25) is 0 Å². The van der Waals surface area contributed by atoms with Crippen molar-refractivity contribution in [1.29, 1.82) is 0 Å². The summed E-state index contributed by atoms with van der Waals surface area (Å²) in [5.74, 6) is 1.91. The van der Waals surface area contributed by atoms with Crippen molar-refractivity contribution < 1.29 is 4.79 Å². The van der Waals surface area contributed by atoms with Crippen LogP contribution in [-0.4, -0.2) is 31.7 Å². The molecule has 5 rings (SSSR count). The van der Waals surface area contributed by atoms with E-state index < -0.39 is 0 Å². The van der Waals surface area contributed by atoms with Gasteiger partial charge in [-0.1, -0.05) is 36.4 Å². The van der Waals surface area contributed by atoms with Crippen LogP contribution in [0, 0.1) is 0 Å². The number of hydrogen-bond donors (Lipinski definition) is 1. The number of rotatable bonds is 5. The summed E-state index contributed by atoms with van der Waals surface area (Å²) in [7, 11) is 0. The summed E-state index contributed by atoms with van der Waals surface area (Å²) in [6, 6.07) is 19.6. The number of amides is 1. The molecular formula is C22H19N5OS. The number of hydrogen-bond acceptors (Lipinski definition) is 5. The molecule has 1 N–H and O–H groups in total. The van der Waals surface area contributed by atoms with Gasteiger partial charge in [-0.2, -0.15) is 0 Å². The first-order valence-corrected chi connectivity index (χ1v) is 10.4. The van der Waals surface area contributed by atoms with Crippen LogP contribution in [0.25, 0.3) is 16.5 Å². The molecule has 0 aliphatic heterocycles. The minimum absolute atomic E-state index is 0.0259. The Morgan fingerprint density at radius 3 is 2.41 bits per heavy atom. The first-order chi connectivity index (χ1) is 14.3. The summed E-state index contributed by atoms with van der Waals surface area (Å²) >= 11 is 1.55. The summed E-state index contributed by atoms with van der Waals surface area (Å²) < 4.78 is 2.10. The van der Waals surface area contributed by atoms with E-state index in [2.05, 4.69) is 37.2 Å². The summed E-state index contributed by atoms with van der Waals surface area (Å²) in [5.41, 5.74) is 1.71. The van der Waals surface area contributed by atoms with E-state index >= 15 is 0 Å². The Kier molecular flexibility index (Phi) is 4.65. The highest BCUT2D eigenvalue weighted by atomic mass is 32.1. The topological polar surface area (TPSA) is 72.7 Å². The maximum atomic E-state index is 12.4.